The summed E-state index contributed by atoms with van der Waals surface area (Å²) in [7, 11) is 0. The third-order valence-electron chi connectivity index (χ3n) is 3.41. The van der Waals surface area contributed by atoms with Gasteiger partial charge in [-0.2, -0.15) is 4.99 Å². The summed E-state index contributed by atoms with van der Waals surface area (Å²) < 4.78 is 0. The highest BCUT2D eigenvalue weighted by molar-refractivity contribution is 8.14. The third-order valence-corrected chi connectivity index (χ3v) is 4.36. The van der Waals surface area contributed by atoms with Gasteiger partial charge in [0.2, 0.25) is 5.91 Å². The Bertz CT molecular complexity index is 565. The molecule has 5 heteroatoms. The number of nitrogens with zero attached hydrogens (tertiary/aromatic N) is 2. The van der Waals surface area contributed by atoms with E-state index < -0.39 is 5.92 Å². The molecule has 2 aliphatic heterocycles. The van der Waals surface area contributed by atoms with E-state index in [4.69, 9.17) is 0 Å². The monoisotopic (exact) mass is 274 g/mol. The predicted molar refractivity (Wildman–Crippen MR) is 75.0 cm³/mol. The first-order chi connectivity index (χ1) is 9.15. The standard InChI is InChI=1S/C14H14N2O2S/c1-9-2-4-10(5-3-9)8-11-12(17)15-14-16(13(11)18)6-7-19-14/h2-5,11H,6-8H2,1H3. The Hall–Kier alpha value is -1.62. The van der Waals surface area contributed by atoms with Gasteiger partial charge in [-0.05, 0) is 18.9 Å². The molecular formula is C14H14N2O2S. The molecule has 3 rings (SSSR count). The molecule has 2 heterocycles. The molecule has 0 aliphatic carbocycles. The summed E-state index contributed by atoms with van der Waals surface area (Å²) in [5.41, 5.74) is 2.17. The highest BCUT2D eigenvalue weighted by Gasteiger charge is 2.40. The average Bonchev–Trinajstić information content (AvgIpc) is 2.85. The molecule has 0 radical (unpaired) electrons. The van der Waals surface area contributed by atoms with Crippen molar-refractivity contribution in [2.75, 3.05) is 12.3 Å². The van der Waals surface area contributed by atoms with E-state index in [1.54, 1.807) is 4.90 Å². The number of aliphatic imine (C=N–C) groups is 1. The van der Waals surface area contributed by atoms with Crippen LogP contribution >= 0.6 is 11.8 Å². The number of carbonyl (C=O) groups excluding carboxylic acids is 2. The molecule has 1 saturated heterocycles. The lowest BCUT2D eigenvalue weighted by atomic mass is 9.96. The van der Waals surface area contributed by atoms with E-state index in [9.17, 15) is 9.59 Å². The smallest absolute Gasteiger partial charge is 0.261 e. The van der Waals surface area contributed by atoms with Crippen LogP contribution in [0.25, 0.3) is 0 Å². The second-order valence-electron chi connectivity index (χ2n) is 4.81. The van der Waals surface area contributed by atoms with Gasteiger partial charge in [0.1, 0.15) is 5.92 Å². The fraction of sp³-hybridized carbons (Fsp3) is 0.357. The van der Waals surface area contributed by atoms with Crippen LogP contribution in [0.1, 0.15) is 11.1 Å². The molecule has 2 aliphatic rings. The van der Waals surface area contributed by atoms with E-state index in [2.05, 4.69) is 4.99 Å². The van der Waals surface area contributed by atoms with E-state index in [0.29, 0.717) is 18.1 Å². The van der Waals surface area contributed by atoms with E-state index in [1.807, 2.05) is 31.2 Å². The van der Waals surface area contributed by atoms with E-state index in [1.165, 1.54) is 17.3 Å². The molecule has 0 bridgehead atoms. The fourth-order valence-electron chi connectivity index (χ4n) is 2.30. The van der Waals surface area contributed by atoms with Crippen molar-refractivity contribution in [1.82, 2.24) is 4.90 Å². The Balaban J connectivity index is 1.83. The maximum atomic E-state index is 12.3. The minimum Gasteiger partial charge on any atom is -0.290 e. The molecule has 2 amide bonds. The number of thioether (sulfide) groups is 1. The number of rotatable bonds is 2. The van der Waals surface area contributed by atoms with Crippen LogP contribution < -0.4 is 0 Å². The second kappa shape index (κ2) is 4.81. The molecule has 4 nitrogen and oxygen atoms in total. The van der Waals surface area contributed by atoms with Gasteiger partial charge in [0.25, 0.3) is 5.91 Å². The summed E-state index contributed by atoms with van der Waals surface area (Å²) in [4.78, 5) is 29.9. The van der Waals surface area contributed by atoms with Gasteiger partial charge in [0.05, 0.1) is 0 Å². The first-order valence-corrected chi connectivity index (χ1v) is 7.26. The van der Waals surface area contributed by atoms with Crippen LogP contribution in [0.4, 0.5) is 0 Å². The largest absolute Gasteiger partial charge is 0.290 e. The number of aryl methyl sites for hydroxylation is 1. The maximum Gasteiger partial charge on any atom is 0.261 e. The van der Waals surface area contributed by atoms with Crippen LogP contribution in [0.15, 0.2) is 29.3 Å². The zero-order valence-corrected chi connectivity index (χ0v) is 11.4. The number of amides is 2. The summed E-state index contributed by atoms with van der Waals surface area (Å²) in [6.07, 6.45) is 0.440. The highest BCUT2D eigenvalue weighted by atomic mass is 32.2. The average molecular weight is 274 g/mol. The number of hydrogen-bond donors (Lipinski definition) is 0. The van der Waals surface area contributed by atoms with Gasteiger partial charge in [-0.1, -0.05) is 41.6 Å². The van der Waals surface area contributed by atoms with E-state index in [0.717, 1.165) is 11.3 Å². The number of benzene rings is 1. The van der Waals surface area contributed by atoms with Gasteiger partial charge in [-0.15, -0.1) is 0 Å². The lowest BCUT2D eigenvalue weighted by Crippen LogP contribution is -2.44. The molecule has 98 valence electrons. The minimum atomic E-state index is -0.648. The molecule has 0 saturated carbocycles. The van der Waals surface area contributed by atoms with Crippen LogP contribution in [0, 0.1) is 12.8 Å². The Labute approximate surface area is 115 Å². The van der Waals surface area contributed by atoms with Crippen LogP contribution in [-0.2, 0) is 16.0 Å². The zero-order valence-electron chi connectivity index (χ0n) is 10.6. The van der Waals surface area contributed by atoms with Gasteiger partial charge in [0, 0.05) is 12.3 Å². The van der Waals surface area contributed by atoms with Gasteiger partial charge < -0.3 is 0 Å². The van der Waals surface area contributed by atoms with Crippen molar-refractivity contribution in [3.05, 3.63) is 35.4 Å². The molecule has 0 N–H and O–H groups in total. The van der Waals surface area contributed by atoms with Crippen LogP contribution in [-0.4, -0.2) is 34.2 Å². The molecule has 1 aromatic carbocycles. The number of amidine groups is 1. The minimum absolute atomic E-state index is 0.0967. The topological polar surface area (TPSA) is 49.7 Å². The third kappa shape index (κ3) is 2.30. The van der Waals surface area contributed by atoms with Gasteiger partial charge >= 0.3 is 0 Å². The van der Waals surface area contributed by atoms with Crippen molar-refractivity contribution >= 4 is 28.7 Å². The lowest BCUT2D eigenvalue weighted by Gasteiger charge is -2.25. The molecule has 0 spiro atoms. The second-order valence-corrected chi connectivity index (χ2v) is 5.88. The number of hydrogen-bond acceptors (Lipinski definition) is 3. The number of carbonyl (C=O) groups is 2. The highest BCUT2D eigenvalue weighted by Crippen LogP contribution is 2.27. The zero-order chi connectivity index (χ0) is 13.4. The molecule has 1 unspecified atom stereocenters. The summed E-state index contributed by atoms with van der Waals surface area (Å²) in [5, 5.41) is 0.579. The lowest BCUT2D eigenvalue weighted by molar-refractivity contribution is -0.138. The van der Waals surface area contributed by atoms with Crippen molar-refractivity contribution in [3.8, 4) is 0 Å². The summed E-state index contributed by atoms with van der Waals surface area (Å²) in [5.74, 6) is -0.216. The fourth-order valence-corrected chi connectivity index (χ4v) is 3.25. The first kappa shape index (κ1) is 12.4. The van der Waals surface area contributed by atoms with Crippen LogP contribution in [0.2, 0.25) is 0 Å². The van der Waals surface area contributed by atoms with Crippen LogP contribution in [0.5, 0.6) is 0 Å². The van der Waals surface area contributed by atoms with Crippen LogP contribution in [0.3, 0.4) is 0 Å². The molecule has 1 atom stereocenters. The van der Waals surface area contributed by atoms with Crippen molar-refractivity contribution in [2.24, 2.45) is 10.9 Å². The predicted octanol–water partition coefficient (Wildman–Crippen LogP) is 1.63. The maximum absolute atomic E-state index is 12.3. The summed E-state index contributed by atoms with van der Waals surface area (Å²) in [6.45, 7) is 2.68. The molecule has 19 heavy (non-hydrogen) atoms. The van der Waals surface area contributed by atoms with Gasteiger partial charge in [0.15, 0.2) is 5.17 Å². The molecule has 1 fully saturated rings. The first-order valence-electron chi connectivity index (χ1n) is 6.27. The quantitative estimate of drug-likeness (QED) is 0.770. The van der Waals surface area contributed by atoms with E-state index >= 15 is 0 Å². The SMILES string of the molecule is Cc1ccc(CC2C(=O)N=C3SCCN3C2=O)cc1. The number of fused-ring (bicyclic) bond motifs is 1. The molecule has 0 aromatic heterocycles. The van der Waals surface area contributed by atoms with Gasteiger partial charge in [-0.25, -0.2) is 0 Å². The molecule has 1 aromatic rings. The Kier molecular flexibility index (Phi) is 3.14. The Morgan fingerprint density at radius 1 is 1.32 bits per heavy atom. The van der Waals surface area contributed by atoms with Crippen molar-refractivity contribution < 1.29 is 9.59 Å². The normalized spacial score (nSPS) is 22.5. The van der Waals surface area contributed by atoms with Gasteiger partial charge in [-0.3, -0.25) is 14.5 Å². The molecular weight excluding hydrogens is 260 g/mol. The van der Waals surface area contributed by atoms with Crippen molar-refractivity contribution in [2.45, 2.75) is 13.3 Å². The Morgan fingerprint density at radius 2 is 2.05 bits per heavy atom. The summed E-state index contributed by atoms with van der Waals surface area (Å²) >= 11 is 1.48. The van der Waals surface area contributed by atoms with Crippen molar-refractivity contribution in [1.29, 1.82) is 0 Å². The Morgan fingerprint density at radius 3 is 2.79 bits per heavy atom. The van der Waals surface area contributed by atoms with Crippen molar-refractivity contribution in [3.63, 3.8) is 0 Å². The summed E-state index contributed by atoms with van der Waals surface area (Å²) in [6, 6.07) is 7.92. The van der Waals surface area contributed by atoms with E-state index in [-0.39, 0.29) is 11.8 Å².